The molecule has 0 unspecified atom stereocenters. The molecule has 0 saturated carbocycles. The van der Waals surface area contributed by atoms with E-state index in [0.717, 1.165) is 51.4 Å². The largest absolute Gasteiger partial charge is 0.423 e. The smallest absolute Gasteiger partial charge is 0.311 e. The number of hydrogen-bond donors (Lipinski definition) is 0. The molecule has 46 heavy (non-hydrogen) atoms. The normalized spacial score (nSPS) is 11.5. The Balaban J connectivity index is 2.05. The molecule has 1 aromatic carbocycles. The van der Waals surface area contributed by atoms with Gasteiger partial charge in [-0.3, -0.25) is 9.59 Å². The highest BCUT2D eigenvalue weighted by atomic mass is 16.6. The van der Waals surface area contributed by atoms with Gasteiger partial charge in [0.1, 0.15) is 0 Å². The maximum atomic E-state index is 12.4. The summed E-state index contributed by atoms with van der Waals surface area (Å²) in [4.78, 5) is 24.9. The zero-order valence-electron chi connectivity index (χ0n) is 30.1. The van der Waals surface area contributed by atoms with Crippen LogP contribution in [0.2, 0.25) is 0 Å². The number of rotatable bonds is 32. The predicted molar refractivity (Wildman–Crippen MR) is 197 cm³/mol. The fraction of sp³-hybridized carbons (Fsp3) is 0.714. The third kappa shape index (κ3) is 26.8. The van der Waals surface area contributed by atoms with Crippen molar-refractivity contribution in [1.29, 1.82) is 0 Å². The van der Waals surface area contributed by atoms with E-state index in [-0.39, 0.29) is 11.9 Å². The van der Waals surface area contributed by atoms with E-state index in [0.29, 0.717) is 24.3 Å². The SMILES string of the molecule is CCCCCCCC/C=C\CCCCCCCC(=O)Oc1ccccc1OC(=O)CCCCCCC/C=C\CCCCCCCC. The standard InChI is InChI=1S/C42H70O4/c1-3-5-7-9-11-13-15-17-19-21-23-25-27-29-31-37-41(43)45-39-35-33-34-36-40(39)46-42(44)38-32-30-28-26-24-22-20-18-16-14-12-10-8-6-4-2/h17-20,33-36H,3-16,21-32,37-38H2,1-2H3/b19-17-,20-18-. The van der Waals surface area contributed by atoms with Crippen molar-refractivity contribution in [3.63, 3.8) is 0 Å². The van der Waals surface area contributed by atoms with Crippen LogP contribution >= 0.6 is 0 Å². The second-order valence-electron chi connectivity index (χ2n) is 13.1. The Labute approximate surface area is 284 Å². The summed E-state index contributed by atoms with van der Waals surface area (Å²) in [6.45, 7) is 4.53. The molecule has 262 valence electrons. The van der Waals surface area contributed by atoms with Gasteiger partial charge in [-0.1, -0.05) is 153 Å². The molecule has 0 atom stereocenters. The summed E-state index contributed by atoms with van der Waals surface area (Å²) in [5.41, 5.74) is 0. The van der Waals surface area contributed by atoms with Gasteiger partial charge >= 0.3 is 11.9 Å². The molecule has 0 aliphatic heterocycles. The van der Waals surface area contributed by atoms with Crippen LogP contribution in [-0.2, 0) is 9.59 Å². The number of carbonyl (C=O) groups excluding carboxylic acids is 2. The first-order valence-electron chi connectivity index (χ1n) is 19.5. The molecule has 1 rings (SSSR count). The summed E-state index contributed by atoms with van der Waals surface area (Å²) < 4.78 is 11.1. The van der Waals surface area contributed by atoms with Crippen molar-refractivity contribution in [2.24, 2.45) is 0 Å². The van der Waals surface area contributed by atoms with Gasteiger partial charge in [-0.2, -0.15) is 0 Å². The zero-order chi connectivity index (χ0) is 33.2. The summed E-state index contributed by atoms with van der Waals surface area (Å²) in [6, 6.07) is 6.99. The zero-order valence-corrected chi connectivity index (χ0v) is 30.1. The Morgan fingerprint density at radius 2 is 0.717 bits per heavy atom. The van der Waals surface area contributed by atoms with Crippen LogP contribution in [0.15, 0.2) is 48.6 Å². The second-order valence-corrected chi connectivity index (χ2v) is 13.1. The first-order valence-corrected chi connectivity index (χ1v) is 19.5. The lowest BCUT2D eigenvalue weighted by Gasteiger charge is -2.10. The van der Waals surface area contributed by atoms with Gasteiger partial charge in [0.2, 0.25) is 0 Å². The van der Waals surface area contributed by atoms with Crippen molar-refractivity contribution in [3.8, 4) is 11.5 Å². The second kappa shape index (κ2) is 32.6. The van der Waals surface area contributed by atoms with Crippen molar-refractivity contribution < 1.29 is 19.1 Å². The fourth-order valence-corrected chi connectivity index (χ4v) is 5.65. The Morgan fingerprint density at radius 1 is 0.435 bits per heavy atom. The predicted octanol–water partition coefficient (Wildman–Crippen LogP) is 13.6. The van der Waals surface area contributed by atoms with Crippen molar-refractivity contribution in [2.45, 2.75) is 194 Å². The molecule has 0 spiro atoms. The van der Waals surface area contributed by atoms with Gasteiger partial charge in [-0.15, -0.1) is 0 Å². The van der Waals surface area contributed by atoms with E-state index in [4.69, 9.17) is 9.47 Å². The Hall–Kier alpha value is -2.36. The highest BCUT2D eigenvalue weighted by molar-refractivity contribution is 5.76. The number of hydrogen-bond acceptors (Lipinski definition) is 4. The highest BCUT2D eigenvalue weighted by Gasteiger charge is 2.13. The van der Waals surface area contributed by atoms with Crippen LogP contribution in [-0.4, -0.2) is 11.9 Å². The molecule has 1 aromatic rings. The molecular weight excluding hydrogens is 568 g/mol. The number of para-hydroxylation sites is 2. The molecular formula is C42H70O4. The van der Waals surface area contributed by atoms with Gasteiger partial charge in [-0.25, -0.2) is 0 Å². The van der Waals surface area contributed by atoms with Gasteiger partial charge in [-0.05, 0) is 76.3 Å². The lowest BCUT2D eigenvalue weighted by atomic mass is 10.1. The number of unbranched alkanes of at least 4 members (excludes halogenated alkanes) is 22. The van der Waals surface area contributed by atoms with Gasteiger partial charge in [0.05, 0.1) is 0 Å². The van der Waals surface area contributed by atoms with Crippen LogP contribution in [0.25, 0.3) is 0 Å². The molecule has 0 aliphatic carbocycles. The van der Waals surface area contributed by atoms with Crippen molar-refractivity contribution in [1.82, 2.24) is 0 Å². The van der Waals surface area contributed by atoms with E-state index in [9.17, 15) is 9.59 Å². The summed E-state index contributed by atoms with van der Waals surface area (Å²) in [5.74, 6) is 0.132. The molecule has 0 fully saturated rings. The monoisotopic (exact) mass is 639 g/mol. The Bertz CT molecular complexity index is 830. The van der Waals surface area contributed by atoms with E-state index in [1.807, 2.05) is 0 Å². The lowest BCUT2D eigenvalue weighted by molar-refractivity contribution is -0.137. The topological polar surface area (TPSA) is 52.6 Å². The van der Waals surface area contributed by atoms with E-state index in [1.165, 1.54) is 116 Å². The maximum Gasteiger partial charge on any atom is 0.311 e. The number of carbonyl (C=O) groups is 2. The first-order chi connectivity index (χ1) is 22.7. The minimum Gasteiger partial charge on any atom is -0.423 e. The number of allylic oxidation sites excluding steroid dienone is 4. The lowest BCUT2D eigenvalue weighted by Crippen LogP contribution is -2.12. The molecule has 0 heterocycles. The molecule has 0 N–H and O–H groups in total. The van der Waals surface area contributed by atoms with Crippen LogP contribution in [0.3, 0.4) is 0 Å². The van der Waals surface area contributed by atoms with E-state index in [1.54, 1.807) is 24.3 Å². The van der Waals surface area contributed by atoms with Crippen molar-refractivity contribution >= 4 is 11.9 Å². The number of ether oxygens (including phenoxy) is 2. The van der Waals surface area contributed by atoms with E-state index in [2.05, 4.69) is 38.2 Å². The molecule has 0 aromatic heterocycles. The van der Waals surface area contributed by atoms with Crippen molar-refractivity contribution in [2.75, 3.05) is 0 Å². The van der Waals surface area contributed by atoms with E-state index >= 15 is 0 Å². The van der Waals surface area contributed by atoms with Crippen LogP contribution in [0.4, 0.5) is 0 Å². The summed E-state index contributed by atoms with van der Waals surface area (Å²) in [6.07, 6.45) is 42.0. The molecule has 4 nitrogen and oxygen atoms in total. The molecule has 0 radical (unpaired) electrons. The minimum absolute atomic E-state index is 0.265. The third-order valence-electron chi connectivity index (χ3n) is 8.58. The number of esters is 2. The minimum atomic E-state index is -0.265. The molecule has 0 saturated heterocycles. The fourth-order valence-electron chi connectivity index (χ4n) is 5.65. The van der Waals surface area contributed by atoms with Gasteiger partial charge in [0.15, 0.2) is 11.5 Å². The molecule has 0 aliphatic rings. The quantitative estimate of drug-likeness (QED) is 0.0341. The first kappa shape index (κ1) is 41.7. The Kier molecular flexibility index (Phi) is 29.5. The maximum absolute atomic E-state index is 12.4. The summed E-state index contributed by atoms with van der Waals surface area (Å²) in [7, 11) is 0. The van der Waals surface area contributed by atoms with Crippen LogP contribution < -0.4 is 9.47 Å². The summed E-state index contributed by atoms with van der Waals surface area (Å²) >= 11 is 0. The molecule has 0 bridgehead atoms. The highest BCUT2D eigenvalue weighted by Crippen LogP contribution is 2.28. The average Bonchev–Trinajstić information content (AvgIpc) is 3.05. The average molecular weight is 639 g/mol. The van der Waals surface area contributed by atoms with Crippen LogP contribution in [0.5, 0.6) is 11.5 Å². The van der Waals surface area contributed by atoms with Crippen molar-refractivity contribution in [3.05, 3.63) is 48.6 Å². The molecule has 0 amide bonds. The third-order valence-corrected chi connectivity index (χ3v) is 8.58. The van der Waals surface area contributed by atoms with Gasteiger partial charge in [0, 0.05) is 12.8 Å². The van der Waals surface area contributed by atoms with Crippen LogP contribution in [0, 0.1) is 0 Å². The number of benzene rings is 1. The van der Waals surface area contributed by atoms with Crippen LogP contribution in [0.1, 0.15) is 194 Å². The van der Waals surface area contributed by atoms with Gasteiger partial charge < -0.3 is 9.47 Å². The Morgan fingerprint density at radius 3 is 1.04 bits per heavy atom. The summed E-state index contributed by atoms with van der Waals surface area (Å²) in [5, 5.41) is 0. The van der Waals surface area contributed by atoms with Gasteiger partial charge in [0.25, 0.3) is 0 Å². The van der Waals surface area contributed by atoms with E-state index < -0.39 is 0 Å². The molecule has 4 heteroatoms.